The smallest absolute Gasteiger partial charge is 0.338 e. The van der Waals surface area contributed by atoms with Gasteiger partial charge in [-0.15, -0.1) is 0 Å². The number of aromatic carboxylic acids is 4. The van der Waals surface area contributed by atoms with Gasteiger partial charge in [0.15, 0.2) is 0 Å². The summed E-state index contributed by atoms with van der Waals surface area (Å²) in [5.41, 5.74) is -6.13. The predicted molar refractivity (Wildman–Crippen MR) is 381 cm³/mol. The summed E-state index contributed by atoms with van der Waals surface area (Å²) in [6, 6.07) is 22.3. The van der Waals surface area contributed by atoms with Crippen molar-refractivity contribution in [3.63, 3.8) is 0 Å². The highest BCUT2D eigenvalue weighted by atomic mass is 35.5. The van der Waals surface area contributed by atoms with Crippen molar-refractivity contribution >= 4 is 101 Å². The van der Waals surface area contributed by atoms with E-state index in [1.807, 2.05) is 20.2 Å². The molecule has 0 spiro atoms. The summed E-state index contributed by atoms with van der Waals surface area (Å²) < 4.78 is 211. The minimum atomic E-state index is -4.13. The second-order valence-electron chi connectivity index (χ2n) is 24.8. The number of benzene rings is 3. The molecule has 3 aliphatic heterocycles. The zero-order chi connectivity index (χ0) is 84.8. The Balaban J connectivity index is 0.000000220. The number of carbonyl (C=O) groups is 7. The number of alkyl halides is 8. The lowest BCUT2D eigenvalue weighted by molar-refractivity contribution is -0.124. The number of carboxylic acid groups (broad SMARTS) is 4. The lowest BCUT2D eigenvalue weighted by Crippen LogP contribution is -2.55. The van der Waals surface area contributed by atoms with Gasteiger partial charge in [0.05, 0.1) is 74.0 Å². The Hall–Kier alpha value is -12.1. The highest BCUT2D eigenvalue weighted by Gasteiger charge is 2.43. The Morgan fingerprint density at radius 3 is 1.15 bits per heavy atom. The van der Waals surface area contributed by atoms with Crippen molar-refractivity contribution in [1.29, 1.82) is 15.8 Å². The predicted octanol–water partition coefficient (Wildman–Crippen LogP) is 9.35. The molecule has 0 radical (unpaired) electrons. The fourth-order valence-electron chi connectivity index (χ4n) is 11.7. The van der Waals surface area contributed by atoms with Crippen LogP contribution in [0.25, 0.3) is 0 Å². The molecular formula is C70H62ClF10N13O17S3. The molecule has 30 nitrogen and oxygen atoms in total. The maximum atomic E-state index is 13.5. The number of amides is 3. The maximum absolute atomic E-state index is 13.5. The SMILES string of the molecule is CCc1c(C#N)c(N2CC(C(=O)NS(=O)(=O)Cc3ccc(F)cc3)C2)nc(C(F)F)c1C(=O)O.CCc1c(C#N)c(N2CC(C(=O)NS(=O)(=O)Cc3cccc(F)c3)C2)nc(C(F)F)c1C(=O)O.CCc1c(C#N)c(N2CC(C(=O)NS(=O)(=O)Cc3ccccc3Cl)C2)nc(C(F)F)c1C(=O)O.O=C(O)c1cnccc1C(F)F. The molecule has 0 atom stereocenters. The van der Waals surface area contributed by atoms with Crippen molar-refractivity contribution < 1.29 is 123 Å². The molecule has 0 aliphatic carbocycles. The highest BCUT2D eigenvalue weighted by Crippen LogP contribution is 2.39. The Morgan fingerprint density at radius 2 is 0.842 bits per heavy atom. The summed E-state index contributed by atoms with van der Waals surface area (Å²) in [5, 5.41) is 65.4. The number of aromatic nitrogens is 4. The van der Waals surface area contributed by atoms with Crippen LogP contribution in [0.4, 0.5) is 61.4 Å². The quantitative estimate of drug-likeness (QED) is 0.0248. The van der Waals surface area contributed by atoms with Gasteiger partial charge in [0.2, 0.25) is 47.8 Å². The zero-order valence-corrected chi connectivity index (χ0v) is 62.3. The van der Waals surface area contributed by atoms with Crippen molar-refractivity contribution in [3.8, 4) is 18.2 Å². The number of carbonyl (C=O) groups excluding carboxylic acids is 3. The van der Waals surface area contributed by atoms with Crippen LogP contribution in [0.1, 0.15) is 161 Å². The van der Waals surface area contributed by atoms with Gasteiger partial charge in [-0.3, -0.25) is 33.5 Å². The van der Waals surface area contributed by atoms with Crippen molar-refractivity contribution in [2.24, 2.45) is 17.8 Å². The van der Waals surface area contributed by atoms with Crippen molar-refractivity contribution in [3.05, 3.63) is 203 Å². The molecule has 0 saturated carbocycles. The largest absolute Gasteiger partial charge is 0.478 e. The molecule has 3 aliphatic rings. The molecule has 0 unspecified atom stereocenters. The molecule has 114 heavy (non-hydrogen) atoms. The Kier molecular flexibility index (Phi) is 29.6. The van der Waals surface area contributed by atoms with Gasteiger partial charge in [-0.2, -0.15) is 15.8 Å². The number of carboxylic acids is 4. The van der Waals surface area contributed by atoms with E-state index in [2.05, 4.69) is 19.9 Å². The normalized spacial score (nSPS) is 13.6. The average molecular weight is 1680 g/mol. The van der Waals surface area contributed by atoms with Crippen LogP contribution in [0.15, 0.2) is 91.3 Å². The molecule has 10 rings (SSSR count). The molecule has 0 bridgehead atoms. The summed E-state index contributed by atoms with van der Waals surface area (Å²) in [5.74, 6) is -14.6. The third-order valence-corrected chi connectivity index (χ3v) is 21.2. The molecule has 3 fully saturated rings. The topological polar surface area (TPSA) is 472 Å². The van der Waals surface area contributed by atoms with Gasteiger partial charge in [-0.1, -0.05) is 74.8 Å². The van der Waals surface area contributed by atoms with Crippen LogP contribution < -0.4 is 28.9 Å². The van der Waals surface area contributed by atoms with E-state index in [0.29, 0.717) is 5.56 Å². The number of anilines is 3. The number of sulfonamides is 3. The number of nitrogens with zero attached hydrogens (tertiary/aromatic N) is 10. The lowest BCUT2D eigenvalue weighted by Gasteiger charge is -2.39. The van der Waals surface area contributed by atoms with Crippen LogP contribution >= 0.6 is 11.6 Å². The number of nitriles is 3. The summed E-state index contributed by atoms with van der Waals surface area (Å²) in [7, 11) is -12.3. The summed E-state index contributed by atoms with van der Waals surface area (Å²) >= 11 is 5.97. The van der Waals surface area contributed by atoms with E-state index in [-0.39, 0.29) is 126 Å². The maximum Gasteiger partial charge on any atom is 0.338 e. The zero-order valence-electron chi connectivity index (χ0n) is 59.1. The first kappa shape index (κ1) is 89.1. The van der Waals surface area contributed by atoms with Gasteiger partial charge in [0.25, 0.3) is 25.7 Å². The lowest BCUT2D eigenvalue weighted by atomic mass is 9.94. The van der Waals surface area contributed by atoms with E-state index >= 15 is 0 Å². The average Bonchev–Trinajstić information content (AvgIpc) is 0.765. The van der Waals surface area contributed by atoms with Crippen LogP contribution in [0.3, 0.4) is 0 Å². The van der Waals surface area contributed by atoms with Crippen LogP contribution in [0.5, 0.6) is 0 Å². The number of halogens is 11. The second-order valence-corrected chi connectivity index (χ2v) is 30.3. The molecule has 7 N–H and O–H groups in total. The monoisotopic (exact) mass is 1680 g/mol. The standard InChI is InChI=1S/C21H19ClF2N4O5S.2C21H19F3N4O5S.C7H5F2NO2/c1-2-13-14(7-25)19(26-17(18(23)24)16(13)21(30)31)28-8-12(9-28)20(29)27-34(32,33)10-11-5-3-4-6-15(11)22;1-2-14-15(7-25)19(26-17(18(23)24)16(14)21(30)31)28-8-12(9-28)20(29)27-34(32,33)10-11-3-5-13(22)6-4-11;1-2-14-15(7-25)19(26-17(18(23)24)16(14)21(30)31)28-8-12(9-28)20(29)27-34(32,33)10-11-4-3-5-13(22)6-11;8-6(9)4-1-2-10-3-5(4)7(11)12/h3*3-6,12,18H,2,8-10H2,1H3,(H,27,29)(H,30,31);1-3,6H,(H,11,12). The molecule has 4 aromatic heterocycles. The minimum Gasteiger partial charge on any atom is -0.478 e. The van der Waals surface area contributed by atoms with Crippen LogP contribution in [-0.2, 0) is 81.0 Å². The number of rotatable bonds is 26. The summed E-state index contributed by atoms with van der Waals surface area (Å²) in [6.07, 6.45) is -10.4. The number of pyridine rings is 4. The molecule has 44 heteroatoms. The van der Waals surface area contributed by atoms with Crippen molar-refractivity contribution in [2.75, 3.05) is 54.0 Å². The fraction of sp³-hybridized carbons (Fsp3) is 0.314. The molecular weight excluding hydrogens is 1620 g/mol. The molecule has 3 aromatic carbocycles. The van der Waals surface area contributed by atoms with Gasteiger partial charge >= 0.3 is 23.9 Å². The van der Waals surface area contributed by atoms with Gasteiger partial charge in [-0.25, -0.2) is 103 Å². The van der Waals surface area contributed by atoms with Crippen LogP contribution in [0, 0.1) is 63.4 Å². The summed E-state index contributed by atoms with van der Waals surface area (Å²) in [4.78, 5) is 101. The van der Waals surface area contributed by atoms with Crippen LogP contribution in [0.2, 0.25) is 5.02 Å². The van der Waals surface area contributed by atoms with Gasteiger partial charge in [0, 0.05) is 62.2 Å². The Morgan fingerprint density at radius 1 is 0.482 bits per heavy atom. The van der Waals surface area contributed by atoms with E-state index in [0.717, 1.165) is 42.7 Å². The molecule has 7 heterocycles. The van der Waals surface area contributed by atoms with Gasteiger partial charge < -0.3 is 35.1 Å². The Bertz CT molecular complexity index is 5390. The highest BCUT2D eigenvalue weighted by molar-refractivity contribution is 7.89. The first-order chi connectivity index (χ1) is 53.5. The molecule has 604 valence electrons. The van der Waals surface area contributed by atoms with Gasteiger partial charge in [-0.05, 0) is 89.0 Å². The fourth-order valence-corrected chi connectivity index (χ4v) is 15.5. The van der Waals surface area contributed by atoms with Gasteiger partial charge in [0.1, 0.15) is 64.4 Å². The second kappa shape index (κ2) is 37.9. The molecule has 3 saturated heterocycles. The molecule has 7 aromatic rings. The number of nitrogens with one attached hydrogen (secondary N) is 3. The first-order valence-corrected chi connectivity index (χ1v) is 38.4. The number of hydrogen-bond donors (Lipinski definition) is 7. The molecule has 3 amide bonds. The number of hydrogen-bond acceptors (Lipinski definition) is 23. The van der Waals surface area contributed by atoms with Crippen LogP contribution in [-0.4, -0.2) is 146 Å². The van der Waals surface area contributed by atoms with E-state index < -0.39 is 189 Å². The minimum absolute atomic E-state index is 0.00217. The van der Waals surface area contributed by atoms with Crippen molar-refractivity contribution in [2.45, 2.75) is 83.0 Å². The van der Waals surface area contributed by atoms with E-state index in [1.165, 1.54) is 71.9 Å². The Labute approximate surface area is 646 Å². The van der Waals surface area contributed by atoms with Crippen molar-refractivity contribution in [1.82, 2.24) is 34.1 Å². The third-order valence-electron chi connectivity index (χ3n) is 17.1. The summed E-state index contributed by atoms with van der Waals surface area (Å²) in [6.45, 7) is 3.90. The van der Waals surface area contributed by atoms with E-state index in [4.69, 9.17) is 16.7 Å². The van der Waals surface area contributed by atoms with E-state index in [1.54, 1.807) is 24.3 Å². The first-order valence-electron chi connectivity index (χ1n) is 33.1. The van der Waals surface area contributed by atoms with E-state index in [9.17, 15) is 134 Å². The third kappa shape index (κ3) is 21.7.